The monoisotopic (exact) mass is 373 g/mol. The first-order chi connectivity index (χ1) is 13.8. The minimum absolute atomic E-state index is 0.739. The van der Waals surface area contributed by atoms with E-state index in [4.69, 9.17) is 0 Å². The third-order valence-corrected chi connectivity index (χ3v) is 5.08. The molecule has 3 aromatic rings. The van der Waals surface area contributed by atoms with Gasteiger partial charge in [0.05, 0.1) is 0 Å². The van der Waals surface area contributed by atoms with Crippen molar-refractivity contribution in [1.82, 2.24) is 9.97 Å². The quantitative estimate of drug-likeness (QED) is 0.627. The summed E-state index contributed by atoms with van der Waals surface area (Å²) in [5, 5.41) is 6.74. The molecule has 0 atom stereocenters. The highest BCUT2D eigenvalue weighted by atomic mass is 15.1. The molecule has 0 spiro atoms. The Balaban J connectivity index is 1.37. The molecule has 1 aliphatic rings. The van der Waals surface area contributed by atoms with Gasteiger partial charge in [0.2, 0.25) is 0 Å². The molecule has 0 saturated carbocycles. The van der Waals surface area contributed by atoms with Gasteiger partial charge in [0.1, 0.15) is 18.0 Å². The molecule has 0 amide bonds. The molecule has 0 unspecified atom stereocenters. The lowest BCUT2D eigenvalue weighted by atomic mass is 10.1. The predicted molar refractivity (Wildman–Crippen MR) is 116 cm³/mol. The zero-order valence-electron chi connectivity index (χ0n) is 16.4. The highest BCUT2D eigenvalue weighted by molar-refractivity contribution is 5.62. The summed E-state index contributed by atoms with van der Waals surface area (Å²) < 4.78 is 0. The molecule has 1 saturated heterocycles. The van der Waals surface area contributed by atoms with Crippen LogP contribution < -0.4 is 15.5 Å². The molecule has 2 heterocycles. The summed E-state index contributed by atoms with van der Waals surface area (Å²) >= 11 is 0. The smallest absolute Gasteiger partial charge is 0.135 e. The number of aromatic nitrogens is 2. The number of nitrogens with one attached hydrogen (secondary N) is 2. The van der Waals surface area contributed by atoms with Crippen molar-refractivity contribution in [3.8, 4) is 0 Å². The van der Waals surface area contributed by atoms with Crippen LogP contribution in [0, 0.1) is 6.92 Å². The molecule has 0 radical (unpaired) electrons. The second-order valence-electron chi connectivity index (χ2n) is 7.35. The molecule has 5 heteroatoms. The Labute approximate surface area is 166 Å². The Kier molecular flexibility index (Phi) is 5.71. The molecule has 1 aromatic heterocycles. The van der Waals surface area contributed by atoms with Crippen LogP contribution in [0.15, 0.2) is 60.9 Å². The second-order valence-corrected chi connectivity index (χ2v) is 7.35. The normalized spacial score (nSPS) is 14.0. The van der Waals surface area contributed by atoms with E-state index in [2.05, 4.69) is 81.0 Å². The molecule has 2 aromatic carbocycles. The maximum atomic E-state index is 4.34. The van der Waals surface area contributed by atoms with E-state index in [-0.39, 0.29) is 0 Å². The van der Waals surface area contributed by atoms with E-state index in [1.807, 2.05) is 6.07 Å². The largest absolute Gasteiger partial charge is 0.372 e. The van der Waals surface area contributed by atoms with Crippen LogP contribution in [-0.2, 0) is 6.54 Å². The van der Waals surface area contributed by atoms with E-state index >= 15 is 0 Å². The van der Waals surface area contributed by atoms with Crippen molar-refractivity contribution in [2.75, 3.05) is 28.6 Å². The van der Waals surface area contributed by atoms with Gasteiger partial charge in [0.15, 0.2) is 0 Å². The summed E-state index contributed by atoms with van der Waals surface area (Å²) in [5.74, 6) is 1.59. The fraction of sp³-hybridized carbons (Fsp3) is 0.304. The summed E-state index contributed by atoms with van der Waals surface area (Å²) in [5.41, 5.74) is 4.83. The summed E-state index contributed by atoms with van der Waals surface area (Å²) in [6.07, 6.45) is 5.52. The maximum absolute atomic E-state index is 4.34. The first-order valence-electron chi connectivity index (χ1n) is 10.00. The average molecular weight is 374 g/mol. The molecule has 144 valence electrons. The van der Waals surface area contributed by atoms with Crippen molar-refractivity contribution in [3.05, 3.63) is 72.1 Å². The van der Waals surface area contributed by atoms with Gasteiger partial charge in [-0.25, -0.2) is 9.97 Å². The third kappa shape index (κ3) is 4.80. The van der Waals surface area contributed by atoms with Gasteiger partial charge >= 0.3 is 0 Å². The third-order valence-electron chi connectivity index (χ3n) is 5.08. The van der Waals surface area contributed by atoms with E-state index in [0.717, 1.165) is 37.0 Å². The molecule has 5 nitrogen and oxygen atoms in total. The predicted octanol–water partition coefficient (Wildman–Crippen LogP) is 5.13. The van der Waals surface area contributed by atoms with E-state index in [1.54, 1.807) is 6.33 Å². The van der Waals surface area contributed by atoms with E-state index in [1.165, 1.54) is 36.1 Å². The number of anilines is 4. The minimum Gasteiger partial charge on any atom is -0.372 e. The molecule has 28 heavy (non-hydrogen) atoms. The zero-order chi connectivity index (χ0) is 19.2. The van der Waals surface area contributed by atoms with Crippen LogP contribution in [0.2, 0.25) is 0 Å². The van der Waals surface area contributed by atoms with Crippen LogP contribution in [-0.4, -0.2) is 23.1 Å². The molecule has 4 rings (SSSR count). The number of hydrogen-bond donors (Lipinski definition) is 2. The highest BCUT2D eigenvalue weighted by Gasteiger charge is 2.10. The number of benzene rings is 2. The number of nitrogens with zero attached hydrogens (tertiary/aromatic N) is 3. The Morgan fingerprint density at radius 2 is 1.68 bits per heavy atom. The van der Waals surface area contributed by atoms with Crippen molar-refractivity contribution < 1.29 is 0 Å². The lowest BCUT2D eigenvalue weighted by Crippen LogP contribution is -2.29. The van der Waals surface area contributed by atoms with Gasteiger partial charge in [-0.3, -0.25) is 0 Å². The fourth-order valence-corrected chi connectivity index (χ4v) is 3.59. The lowest BCUT2D eigenvalue weighted by molar-refractivity contribution is 0.578. The SMILES string of the molecule is Cc1cccc(CNc2cc(Nc3ccc(N4CCCCC4)cc3)ncn2)c1. The van der Waals surface area contributed by atoms with Gasteiger partial charge in [-0.05, 0) is 56.0 Å². The Morgan fingerprint density at radius 3 is 2.46 bits per heavy atom. The van der Waals surface area contributed by atoms with Gasteiger partial charge in [-0.1, -0.05) is 29.8 Å². The minimum atomic E-state index is 0.739. The highest BCUT2D eigenvalue weighted by Crippen LogP contribution is 2.23. The molecule has 1 fully saturated rings. The first-order valence-corrected chi connectivity index (χ1v) is 10.00. The number of piperidine rings is 1. The van der Waals surface area contributed by atoms with Gasteiger partial charge in [-0.15, -0.1) is 0 Å². The topological polar surface area (TPSA) is 53.1 Å². The van der Waals surface area contributed by atoms with Gasteiger partial charge in [0, 0.05) is 37.1 Å². The van der Waals surface area contributed by atoms with Crippen molar-refractivity contribution in [3.63, 3.8) is 0 Å². The molecule has 0 aliphatic carbocycles. The Bertz CT molecular complexity index is 901. The lowest BCUT2D eigenvalue weighted by Gasteiger charge is -2.28. The Hall–Kier alpha value is -3.08. The van der Waals surface area contributed by atoms with Crippen LogP contribution in [0.25, 0.3) is 0 Å². The van der Waals surface area contributed by atoms with Crippen LogP contribution in [0.1, 0.15) is 30.4 Å². The summed E-state index contributed by atoms with van der Waals surface area (Å²) in [6, 6.07) is 19.0. The number of rotatable bonds is 6. The van der Waals surface area contributed by atoms with Crippen LogP contribution in [0.3, 0.4) is 0 Å². The van der Waals surface area contributed by atoms with E-state index < -0.39 is 0 Å². The average Bonchev–Trinajstić information content (AvgIpc) is 2.74. The maximum Gasteiger partial charge on any atom is 0.135 e. The van der Waals surface area contributed by atoms with Crippen molar-refractivity contribution >= 4 is 23.0 Å². The summed E-state index contributed by atoms with van der Waals surface area (Å²) in [4.78, 5) is 11.1. The van der Waals surface area contributed by atoms with Crippen molar-refractivity contribution in [2.45, 2.75) is 32.7 Å². The zero-order valence-corrected chi connectivity index (χ0v) is 16.4. The molecule has 2 N–H and O–H groups in total. The number of hydrogen-bond acceptors (Lipinski definition) is 5. The summed E-state index contributed by atoms with van der Waals surface area (Å²) in [6.45, 7) is 5.17. The van der Waals surface area contributed by atoms with E-state index in [0.29, 0.717) is 0 Å². The van der Waals surface area contributed by atoms with Gasteiger partial charge in [-0.2, -0.15) is 0 Å². The molecular formula is C23H27N5. The van der Waals surface area contributed by atoms with E-state index in [9.17, 15) is 0 Å². The summed E-state index contributed by atoms with van der Waals surface area (Å²) in [7, 11) is 0. The van der Waals surface area contributed by atoms with Crippen LogP contribution in [0.5, 0.6) is 0 Å². The van der Waals surface area contributed by atoms with Crippen molar-refractivity contribution in [2.24, 2.45) is 0 Å². The molecular weight excluding hydrogens is 346 g/mol. The van der Waals surface area contributed by atoms with Gasteiger partial charge in [0.25, 0.3) is 0 Å². The second kappa shape index (κ2) is 8.74. The Morgan fingerprint density at radius 1 is 0.893 bits per heavy atom. The number of aryl methyl sites for hydroxylation is 1. The van der Waals surface area contributed by atoms with Crippen molar-refractivity contribution in [1.29, 1.82) is 0 Å². The first kappa shape index (κ1) is 18.3. The van der Waals surface area contributed by atoms with Crippen LogP contribution >= 0.6 is 0 Å². The van der Waals surface area contributed by atoms with Crippen LogP contribution in [0.4, 0.5) is 23.0 Å². The molecule has 0 bridgehead atoms. The standard InChI is InChI=1S/C23H27N5/c1-18-6-5-7-19(14-18)16-24-22-15-23(26-17-25-22)27-20-8-10-21(11-9-20)28-12-3-2-4-13-28/h5-11,14-15,17H,2-4,12-13,16H2,1H3,(H2,24,25,26,27). The molecule has 1 aliphatic heterocycles. The fourth-order valence-electron chi connectivity index (χ4n) is 3.59. The van der Waals surface area contributed by atoms with Gasteiger partial charge < -0.3 is 15.5 Å².